The third-order valence-electron chi connectivity index (χ3n) is 8.26. The predicted molar refractivity (Wildman–Crippen MR) is 175 cm³/mol. The van der Waals surface area contributed by atoms with Gasteiger partial charge in [0.1, 0.15) is 11.5 Å². The van der Waals surface area contributed by atoms with E-state index in [1.54, 1.807) is 0 Å². The van der Waals surface area contributed by atoms with E-state index in [9.17, 15) is 0 Å². The minimum absolute atomic E-state index is 0.167. The zero-order valence-electron chi connectivity index (χ0n) is 22.4. The van der Waals surface area contributed by atoms with Crippen LogP contribution in [-0.4, -0.2) is 13.4 Å². The molecule has 2 N–H and O–H groups in total. The molecule has 0 atom stereocenters. The van der Waals surface area contributed by atoms with Crippen molar-refractivity contribution in [1.82, 2.24) is 0 Å². The Morgan fingerprint density at radius 2 is 0.756 bits per heavy atom. The smallest absolute Gasteiger partial charge is 0.246 e. The molecule has 8 rings (SSSR count). The first kappa shape index (κ1) is 23.7. The van der Waals surface area contributed by atoms with Crippen molar-refractivity contribution in [2.75, 3.05) is 10.6 Å². The van der Waals surface area contributed by atoms with Crippen molar-refractivity contribution in [3.05, 3.63) is 146 Å². The average Bonchev–Trinajstić information content (AvgIpc) is 3.03. The van der Waals surface area contributed by atoms with Crippen LogP contribution in [0.4, 0.5) is 22.7 Å². The number of hydrogen-bond acceptors (Lipinski definition) is 3. The first-order valence-corrected chi connectivity index (χ1v) is 14.1. The summed E-state index contributed by atoms with van der Waals surface area (Å²) in [6.45, 7) is 0.335. The molecule has 0 fully saturated rings. The molecule has 6 aromatic rings. The summed E-state index contributed by atoms with van der Waals surface area (Å²) in [7, 11) is 0. The lowest BCUT2D eigenvalue weighted by Crippen LogP contribution is -2.55. The predicted octanol–water partition coefficient (Wildman–Crippen LogP) is 4.63. The summed E-state index contributed by atoms with van der Waals surface area (Å²) in [4.78, 5) is 0. The van der Waals surface area contributed by atoms with Gasteiger partial charge in [0, 0.05) is 34.9 Å². The maximum absolute atomic E-state index is 6.49. The van der Waals surface area contributed by atoms with Gasteiger partial charge < -0.3 is 15.4 Å². The number of hydrogen-bond donors (Lipinski definition) is 2. The summed E-state index contributed by atoms with van der Waals surface area (Å²) in [5.41, 5.74) is 12.0. The molecule has 0 aliphatic carbocycles. The van der Waals surface area contributed by atoms with Crippen molar-refractivity contribution in [2.45, 2.75) is 0 Å². The van der Waals surface area contributed by atoms with Crippen LogP contribution in [0.3, 0.4) is 0 Å². The summed E-state index contributed by atoms with van der Waals surface area (Å²) in [5, 5.41) is 7.32. The minimum Gasteiger partial charge on any atom is -0.457 e. The van der Waals surface area contributed by atoms with Gasteiger partial charge in [0.15, 0.2) is 0 Å². The van der Waals surface area contributed by atoms with Crippen molar-refractivity contribution in [3.8, 4) is 11.5 Å². The Hall–Kier alpha value is -5.15. The van der Waals surface area contributed by atoms with E-state index in [1.807, 2.05) is 0 Å². The number of para-hydroxylation sites is 2. The quantitative estimate of drug-likeness (QED) is 0.330. The van der Waals surface area contributed by atoms with Gasteiger partial charge in [0.05, 0.1) is 0 Å². The summed E-state index contributed by atoms with van der Waals surface area (Å²) >= 11 is 0. The zero-order chi connectivity index (χ0) is 27.2. The summed E-state index contributed by atoms with van der Waals surface area (Å²) in [6.07, 6.45) is 0. The molecule has 0 aromatic heterocycles. The fourth-order valence-electron chi connectivity index (χ4n) is 6.41. The molecule has 2 aliphatic heterocycles. The van der Waals surface area contributed by atoms with Crippen LogP contribution in [0.25, 0.3) is 0 Å². The monoisotopic (exact) mass is 524 g/mol. The number of benzene rings is 6. The van der Waals surface area contributed by atoms with Gasteiger partial charge in [-0.3, -0.25) is 0 Å². The Morgan fingerprint density at radius 1 is 0.366 bits per heavy atom. The van der Waals surface area contributed by atoms with Crippen LogP contribution < -0.4 is 48.1 Å². The molecule has 0 unspecified atom stereocenters. The molecule has 0 radical (unpaired) electrons. The molecule has 0 saturated heterocycles. The van der Waals surface area contributed by atoms with Gasteiger partial charge in [0.2, 0.25) is 13.4 Å². The lowest BCUT2D eigenvalue weighted by molar-refractivity contribution is 0.483. The van der Waals surface area contributed by atoms with Crippen molar-refractivity contribution in [1.29, 1.82) is 0 Å². The number of ether oxygens (including phenoxy) is 1. The fraction of sp³-hybridized carbons (Fsp3) is 0. The highest BCUT2D eigenvalue weighted by Crippen LogP contribution is 2.30. The second kappa shape index (κ2) is 9.79. The van der Waals surface area contributed by atoms with Gasteiger partial charge in [0.25, 0.3) is 0 Å². The Kier molecular flexibility index (Phi) is 5.67. The van der Waals surface area contributed by atoms with E-state index < -0.39 is 0 Å². The normalized spacial score (nSPS) is 12.7. The van der Waals surface area contributed by atoms with Crippen LogP contribution >= 0.6 is 0 Å². The van der Waals surface area contributed by atoms with Gasteiger partial charge in [-0.25, -0.2) is 0 Å². The third-order valence-corrected chi connectivity index (χ3v) is 8.26. The number of nitrogens with one attached hydrogen (secondary N) is 2. The highest BCUT2D eigenvalue weighted by Gasteiger charge is 2.32. The lowest BCUT2D eigenvalue weighted by atomic mass is 9.35. The van der Waals surface area contributed by atoms with Crippen LogP contribution in [-0.2, 0) is 0 Å². The molecule has 0 amide bonds. The number of fused-ring (bicyclic) bond motifs is 4. The summed E-state index contributed by atoms with van der Waals surface area (Å²) in [6, 6.07) is 51.4. The van der Waals surface area contributed by atoms with E-state index in [4.69, 9.17) is 4.74 Å². The molecular weight excluding hydrogens is 498 g/mol. The molecule has 41 heavy (non-hydrogen) atoms. The van der Waals surface area contributed by atoms with Crippen LogP contribution in [0.5, 0.6) is 11.5 Å². The fourth-order valence-corrected chi connectivity index (χ4v) is 6.41. The zero-order valence-corrected chi connectivity index (χ0v) is 22.4. The van der Waals surface area contributed by atoms with Crippen LogP contribution in [0.2, 0.25) is 0 Å². The van der Waals surface area contributed by atoms with Crippen molar-refractivity contribution >= 4 is 69.0 Å². The van der Waals surface area contributed by atoms with Crippen LogP contribution in [0.1, 0.15) is 0 Å². The molecule has 0 saturated carbocycles. The van der Waals surface area contributed by atoms with Crippen molar-refractivity contribution in [3.63, 3.8) is 0 Å². The topological polar surface area (TPSA) is 33.3 Å². The van der Waals surface area contributed by atoms with Gasteiger partial charge >= 0.3 is 0 Å². The van der Waals surface area contributed by atoms with Crippen molar-refractivity contribution < 1.29 is 4.74 Å². The first-order valence-electron chi connectivity index (χ1n) is 14.1. The molecule has 6 aromatic carbocycles. The van der Waals surface area contributed by atoms with Gasteiger partial charge in [-0.05, 0) is 46.1 Å². The van der Waals surface area contributed by atoms with Crippen LogP contribution in [0, 0.1) is 0 Å². The number of rotatable bonds is 4. The SMILES string of the molecule is c1ccc(B2c3ccccc3Nc3cc(Oc4ccc5c(c4)Nc4ccccc4B5c4ccccc4)ccc32)cc1. The Bertz CT molecular complexity index is 1750. The molecule has 2 heterocycles. The summed E-state index contributed by atoms with van der Waals surface area (Å²) < 4.78 is 6.49. The molecule has 0 bridgehead atoms. The highest BCUT2D eigenvalue weighted by atomic mass is 16.5. The summed E-state index contributed by atoms with van der Waals surface area (Å²) in [5.74, 6) is 1.61. The Labute approximate surface area is 241 Å². The van der Waals surface area contributed by atoms with Gasteiger partial charge in [-0.2, -0.15) is 0 Å². The van der Waals surface area contributed by atoms with E-state index in [-0.39, 0.29) is 13.4 Å². The maximum Gasteiger partial charge on any atom is 0.246 e. The largest absolute Gasteiger partial charge is 0.457 e. The second-order valence-electron chi connectivity index (χ2n) is 10.7. The van der Waals surface area contributed by atoms with Crippen LogP contribution in [0.15, 0.2) is 146 Å². The molecular formula is C36H26B2N2O. The molecule has 0 spiro atoms. The van der Waals surface area contributed by atoms with Gasteiger partial charge in [-0.1, -0.05) is 120 Å². The average molecular weight is 524 g/mol. The van der Waals surface area contributed by atoms with E-state index in [2.05, 4.69) is 156 Å². The van der Waals surface area contributed by atoms with E-state index in [1.165, 1.54) is 32.8 Å². The Morgan fingerprint density at radius 3 is 1.22 bits per heavy atom. The molecule has 2 aliphatic rings. The third kappa shape index (κ3) is 4.18. The minimum atomic E-state index is 0.167. The first-order chi connectivity index (χ1) is 20.3. The van der Waals surface area contributed by atoms with E-state index >= 15 is 0 Å². The lowest BCUT2D eigenvalue weighted by Gasteiger charge is -2.29. The molecule has 5 heteroatoms. The molecule has 192 valence electrons. The number of anilines is 4. The Balaban J connectivity index is 1.14. The molecule has 3 nitrogen and oxygen atoms in total. The maximum atomic E-state index is 6.49. The van der Waals surface area contributed by atoms with E-state index in [0.29, 0.717) is 0 Å². The van der Waals surface area contributed by atoms with Gasteiger partial charge in [-0.15, -0.1) is 0 Å². The van der Waals surface area contributed by atoms with Crippen molar-refractivity contribution in [2.24, 2.45) is 0 Å². The van der Waals surface area contributed by atoms with E-state index in [0.717, 1.165) is 34.2 Å². The standard InChI is InChI=1S/C36H26B2N2O/c1-3-11-25(12-4-1)37-29-15-7-9-17-33(29)39-35-23-27(19-21-31(35)37)41-28-20-22-32-36(24-28)40-34-18-10-8-16-30(34)38(32)26-13-5-2-6-14-26/h1-24,39-40H. The highest BCUT2D eigenvalue weighted by molar-refractivity contribution is 6.98. The second-order valence-corrected chi connectivity index (χ2v) is 10.7.